The van der Waals surface area contributed by atoms with Crippen LogP contribution in [0, 0.1) is 6.92 Å². The molecule has 0 unspecified atom stereocenters. The Morgan fingerprint density at radius 2 is 2.04 bits per heavy atom. The van der Waals surface area contributed by atoms with Crippen LogP contribution in [0.5, 0.6) is 0 Å². The molecule has 23 heavy (non-hydrogen) atoms. The highest BCUT2D eigenvalue weighted by Gasteiger charge is 2.12. The van der Waals surface area contributed by atoms with E-state index in [2.05, 4.69) is 15.8 Å². The van der Waals surface area contributed by atoms with Crippen LogP contribution in [0.3, 0.4) is 0 Å². The summed E-state index contributed by atoms with van der Waals surface area (Å²) in [5.41, 5.74) is 2.07. The molecule has 0 aliphatic heterocycles. The van der Waals surface area contributed by atoms with Gasteiger partial charge in [-0.1, -0.05) is 24.2 Å². The van der Waals surface area contributed by atoms with Crippen LogP contribution in [0.15, 0.2) is 34.9 Å². The zero-order valence-corrected chi connectivity index (χ0v) is 13.6. The Morgan fingerprint density at radius 3 is 2.70 bits per heavy atom. The molecule has 2 aromatic rings. The van der Waals surface area contributed by atoms with Crippen molar-refractivity contribution in [3.05, 3.63) is 52.9 Å². The van der Waals surface area contributed by atoms with E-state index in [-0.39, 0.29) is 23.6 Å². The number of aryl methyl sites for hydroxylation is 1. The first-order valence-electron chi connectivity index (χ1n) is 7.61. The van der Waals surface area contributed by atoms with Crippen molar-refractivity contribution in [2.24, 2.45) is 0 Å². The Bertz CT molecular complexity index is 694. The summed E-state index contributed by atoms with van der Waals surface area (Å²) < 4.78 is 4.91. The van der Waals surface area contributed by atoms with E-state index >= 15 is 0 Å². The minimum absolute atomic E-state index is 0.113. The van der Waals surface area contributed by atoms with Crippen LogP contribution in [0.1, 0.15) is 52.4 Å². The van der Waals surface area contributed by atoms with Crippen LogP contribution in [-0.2, 0) is 6.54 Å². The van der Waals surface area contributed by atoms with Crippen molar-refractivity contribution >= 4 is 11.8 Å². The maximum absolute atomic E-state index is 12.1. The van der Waals surface area contributed by atoms with Gasteiger partial charge in [-0.2, -0.15) is 0 Å². The van der Waals surface area contributed by atoms with Crippen molar-refractivity contribution in [2.75, 3.05) is 0 Å². The molecular weight excluding hydrogens is 294 g/mol. The Balaban J connectivity index is 1.97. The van der Waals surface area contributed by atoms with E-state index in [1.807, 2.05) is 19.9 Å². The zero-order chi connectivity index (χ0) is 16.8. The third-order valence-corrected chi connectivity index (χ3v) is 3.48. The van der Waals surface area contributed by atoms with Crippen molar-refractivity contribution in [1.29, 1.82) is 0 Å². The number of rotatable bonds is 6. The highest BCUT2D eigenvalue weighted by Crippen LogP contribution is 2.07. The average Bonchev–Trinajstić information content (AvgIpc) is 2.99. The molecule has 2 N–H and O–H groups in total. The molecule has 2 rings (SSSR count). The third kappa shape index (κ3) is 4.67. The largest absolute Gasteiger partial charge is 0.351 e. The lowest BCUT2D eigenvalue weighted by Crippen LogP contribution is -2.32. The highest BCUT2D eigenvalue weighted by molar-refractivity contribution is 5.94. The van der Waals surface area contributed by atoms with Crippen LogP contribution in [0.2, 0.25) is 0 Å². The first kappa shape index (κ1) is 16.7. The standard InChI is InChI=1S/C17H21N3O3/c1-4-11(2)19-16(21)14-7-5-6-13(9-14)10-18-17(22)15-8-12(3)20-23-15/h5-9,11H,4,10H2,1-3H3,(H,18,22)(H,19,21)/t11-/m0/s1. The fraction of sp³-hybridized carbons (Fsp3) is 0.353. The van der Waals surface area contributed by atoms with E-state index in [1.54, 1.807) is 31.2 Å². The summed E-state index contributed by atoms with van der Waals surface area (Å²) in [5, 5.41) is 9.34. The molecule has 0 aliphatic rings. The van der Waals surface area contributed by atoms with Crippen molar-refractivity contribution in [1.82, 2.24) is 15.8 Å². The summed E-state index contributed by atoms with van der Waals surface area (Å²) in [6, 6.07) is 8.87. The van der Waals surface area contributed by atoms with Crippen molar-refractivity contribution in [3.8, 4) is 0 Å². The minimum atomic E-state index is -0.333. The SMILES string of the molecule is CC[C@H](C)NC(=O)c1cccc(CNC(=O)c2cc(C)no2)c1. The molecule has 6 nitrogen and oxygen atoms in total. The van der Waals surface area contributed by atoms with Gasteiger partial charge in [0.05, 0.1) is 5.69 Å². The highest BCUT2D eigenvalue weighted by atomic mass is 16.5. The van der Waals surface area contributed by atoms with Crippen molar-refractivity contribution in [3.63, 3.8) is 0 Å². The molecule has 0 spiro atoms. The average molecular weight is 315 g/mol. The maximum Gasteiger partial charge on any atom is 0.290 e. The van der Waals surface area contributed by atoms with Crippen LogP contribution >= 0.6 is 0 Å². The van der Waals surface area contributed by atoms with Gasteiger partial charge in [0.15, 0.2) is 0 Å². The van der Waals surface area contributed by atoms with Gasteiger partial charge >= 0.3 is 0 Å². The fourth-order valence-corrected chi connectivity index (χ4v) is 1.97. The van der Waals surface area contributed by atoms with E-state index in [0.29, 0.717) is 17.8 Å². The van der Waals surface area contributed by atoms with Gasteiger partial charge in [-0.15, -0.1) is 0 Å². The van der Waals surface area contributed by atoms with Gasteiger partial charge in [0, 0.05) is 24.2 Å². The molecule has 1 atom stereocenters. The van der Waals surface area contributed by atoms with Crippen molar-refractivity contribution < 1.29 is 14.1 Å². The quantitative estimate of drug-likeness (QED) is 0.857. The summed E-state index contributed by atoms with van der Waals surface area (Å²) in [4.78, 5) is 24.0. The van der Waals surface area contributed by atoms with Gasteiger partial charge in [-0.25, -0.2) is 0 Å². The molecule has 0 saturated carbocycles. The number of nitrogens with zero attached hydrogens (tertiary/aromatic N) is 1. The van der Waals surface area contributed by atoms with Gasteiger partial charge in [0.1, 0.15) is 0 Å². The van der Waals surface area contributed by atoms with Gasteiger partial charge in [-0.3, -0.25) is 9.59 Å². The molecule has 0 aliphatic carbocycles. The van der Waals surface area contributed by atoms with E-state index in [1.165, 1.54) is 0 Å². The number of aromatic nitrogens is 1. The summed E-state index contributed by atoms with van der Waals surface area (Å²) in [6.45, 7) is 6.03. The van der Waals surface area contributed by atoms with Crippen LogP contribution in [0.4, 0.5) is 0 Å². The first-order chi connectivity index (χ1) is 11.0. The number of benzene rings is 1. The van der Waals surface area contributed by atoms with E-state index in [9.17, 15) is 9.59 Å². The number of hydrogen-bond donors (Lipinski definition) is 2. The number of amides is 2. The Kier molecular flexibility index (Phi) is 5.51. The topological polar surface area (TPSA) is 84.2 Å². The molecule has 0 fully saturated rings. The van der Waals surface area contributed by atoms with E-state index in [0.717, 1.165) is 12.0 Å². The van der Waals surface area contributed by atoms with Crippen molar-refractivity contribution in [2.45, 2.75) is 39.8 Å². The monoisotopic (exact) mass is 315 g/mol. The Hall–Kier alpha value is -2.63. The number of nitrogens with one attached hydrogen (secondary N) is 2. The van der Waals surface area contributed by atoms with Crippen LogP contribution in [0.25, 0.3) is 0 Å². The van der Waals surface area contributed by atoms with Gasteiger partial charge in [0.2, 0.25) is 5.76 Å². The predicted octanol–water partition coefficient (Wildman–Crippen LogP) is 2.44. The molecule has 0 saturated heterocycles. The lowest BCUT2D eigenvalue weighted by Gasteiger charge is -2.12. The van der Waals surface area contributed by atoms with Gasteiger partial charge < -0.3 is 15.2 Å². The number of carbonyl (C=O) groups is 2. The number of carbonyl (C=O) groups excluding carboxylic acids is 2. The molecule has 122 valence electrons. The fourth-order valence-electron chi connectivity index (χ4n) is 1.97. The summed E-state index contributed by atoms with van der Waals surface area (Å²) >= 11 is 0. The molecule has 1 aromatic carbocycles. The lowest BCUT2D eigenvalue weighted by atomic mass is 10.1. The van der Waals surface area contributed by atoms with E-state index < -0.39 is 0 Å². The Morgan fingerprint density at radius 1 is 1.26 bits per heavy atom. The molecule has 6 heteroatoms. The molecule has 0 radical (unpaired) electrons. The molecule has 0 bridgehead atoms. The van der Waals surface area contributed by atoms with Crippen LogP contribution in [-0.4, -0.2) is 23.0 Å². The van der Waals surface area contributed by atoms with Gasteiger partial charge in [0.25, 0.3) is 11.8 Å². The van der Waals surface area contributed by atoms with E-state index in [4.69, 9.17) is 4.52 Å². The molecule has 1 heterocycles. The molecular formula is C17H21N3O3. The smallest absolute Gasteiger partial charge is 0.290 e. The maximum atomic E-state index is 12.1. The third-order valence-electron chi connectivity index (χ3n) is 3.48. The minimum Gasteiger partial charge on any atom is -0.351 e. The second-order valence-corrected chi connectivity index (χ2v) is 5.50. The second-order valence-electron chi connectivity index (χ2n) is 5.50. The lowest BCUT2D eigenvalue weighted by molar-refractivity contribution is 0.0912. The second kappa shape index (κ2) is 7.58. The molecule has 2 amide bonds. The van der Waals surface area contributed by atoms with Crippen LogP contribution < -0.4 is 10.6 Å². The normalized spacial score (nSPS) is 11.8. The molecule has 1 aromatic heterocycles. The summed E-state index contributed by atoms with van der Waals surface area (Å²) in [7, 11) is 0. The number of hydrogen-bond acceptors (Lipinski definition) is 4. The first-order valence-corrected chi connectivity index (χ1v) is 7.61. The Labute approximate surface area is 135 Å². The summed E-state index contributed by atoms with van der Waals surface area (Å²) in [5.74, 6) is -0.272. The summed E-state index contributed by atoms with van der Waals surface area (Å²) in [6.07, 6.45) is 0.873. The predicted molar refractivity (Wildman–Crippen MR) is 86.1 cm³/mol. The zero-order valence-electron chi connectivity index (χ0n) is 13.6. The van der Waals surface area contributed by atoms with Gasteiger partial charge in [-0.05, 0) is 38.0 Å².